The monoisotopic (exact) mass is 200 g/mol. The number of aliphatic hydroxyl groups excluding tert-OH is 1. The summed E-state index contributed by atoms with van der Waals surface area (Å²) in [6.45, 7) is 8.70. The van der Waals surface area contributed by atoms with Crippen molar-refractivity contribution in [2.75, 3.05) is 0 Å². The van der Waals surface area contributed by atoms with Crippen LogP contribution in [0.5, 0.6) is 0 Å². The van der Waals surface area contributed by atoms with Crippen LogP contribution in [0.15, 0.2) is 0 Å². The van der Waals surface area contributed by atoms with E-state index in [-0.39, 0.29) is 6.10 Å². The summed E-state index contributed by atoms with van der Waals surface area (Å²) in [7, 11) is 0. The molecule has 14 heavy (non-hydrogen) atoms. The van der Waals surface area contributed by atoms with Gasteiger partial charge in [-0.25, -0.2) is 0 Å². The topological polar surface area (TPSA) is 20.2 Å². The second-order valence-electron chi connectivity index (χ2n) is 4.84. The van der Waals surface area contributed by atoms with E-state index in [1.54, 1.807) is 0 Å². The van der Waals surface area contributed by atoms with Crippen molar-refractivity contribution in [2.24, 2.45) is 11.8 Å². The molecule has 1 heteroatoms. The third kappa shape index (κ3) is 7.37. The van der Waals surface area contributed by atoms with E-state index in [2.05, 4.69) is 20.8 Å². The van der Waals surface area contributed by atoms with Crippen molar-refractivity contribution in [1.82, 2.24) is 0 Å². The van der Waals surface area contributed by atoms with Crippen LogP contribution < -0.4 is 0 Å². The highest BCUT2D eigenvalue weighted by Gasteiger charge is 2.12. The van der Waals surface area contributed by atoms with E-state index in [4.69, 9.17) is 0 Å². The zero-order valence-electron chi connectivity index (χ0n) is 10.4. The van der Waals surface area contributed by atoms with Gasteiger partial charge in [0.25, 0.3) is 0 Å². The molecule has 1 N–H and O–H groups in total. The molecule has 0 radical (unpaired) electrons. The number of hydrogen-bond donors (Lipinski definition) is 1. The zero-order chi connectivity index (χ0) is 11.0. The standard InChI is InChI=1S/C13H28O/c1-5-7-8-13(6-2)10-11(3)9-12(4)14/h11-14H,5-10H2,1-4H3. The van der Waals surface area contributed by atoms with Crippen LogP contribution in [-0.2, 0) is 0 Å². The van der Waals surface area contributed by atoms with Gasteiger partial charge in [-0.05, 0) is 31.6 Å². The summed E-state index contributed by atoms with van der Waals surface area (Å²) in [4.78, 5) is 0. The summed E-state index contributed by atoms with van der Waals surface area (Å²) in [6, 6.07) is 0. The maximum atomic E-state index is 9.28. The summed E-state index contributed by atoms with van der Waals surface area (Å²) in [5.74, 6) is 1.56. The molecular formula is C13H28O. The van der Waals surface area contributed by atoms with Gasteiger partial charge in [-0.1, -0.05) is 46.5 Å². The molecule has 0 saturated carbocycles. The Kier molecular flexibility index (Phi) is 8.26. The Hall–Kier alpha value is -0.0400. The van der Waals surface area contributed by atoms with E-state index in [0.717, 1.165) is 12.3 Å². The lowest BCUT2D eigenvalue weighted by molar-refractivity contribution is 0.154. The van der Waals surface area contributed by atoms with E-state index in [0.29, 0.717) is 5.92 Å². The summed E-state index contributed by atoms with van der Waals surface area (Å²) >= 11 is 0. The van der Waals surface area contributed by atoms with Gasteiger partial charge in [0.05, 0.1) is 6.10 Å². The van der Waals surface area contributed by atoms with Crippen molar-refractivity contribution < 1.29 is 5.11 Å². The highest BCUT2D eigenvalue weighted by atomic mass is 16.3. The van der Waals surface area contributed by atoms with E-state index in [1.165, 1.54) is 32.1 Å². The predicted octanol–water partition coefficient (Wildman–Crippen LogP) is 4.00. The molecule has 0 fully saturated rings. The molecule has 0 spiro atoms. The lowest BCUT2D eigenvalue weighted by Gasteiger charge is -2.20. The third-order valence-electron chi connectivity index (χ3n) is 3.02. The van der Waals surface area contributed by atoms with Gasteiger partial charge in [-0.15, -0.1) is 0 Å². The lowest BCUT2D eigenvalue weighted by Crippen LogP contribution is -2.11. The number of aliphatic hydroxyl groups is 1. The highest BCUT2D eigenvalue weighted by molar-refractivity contribution is 4.64. The Bertz CT molecular complexity index is 120. The van der Waals surface area contributed by atoms with Crippen molar-refractivity contribution in [3.8, 4) is 0 Å². The van der Waals surface area contributed by atoms with Gasteiger partial charge in [0.1, 0.15) is 0 Å². The van der Waals surface area contributed by atoms with Gasteiger partial charge in [-0.3, -0.25) is 0 Å². The van der Waals surface area contributed by atoms with Gasteiger partial charge in [0.2, 0.25) is 0 Å². The molecular weight excluding hydrogens is 172 g/mol. The first-order valence-electron chi connectivity index (χ1n) is 6.28. The van der Waals surface area contributed by atoms with E-state index < -0.39 is 0 Å². The summed E-state index contributed by atoms with van der Waals surface area (Å²) in [5.41, 5.74) is 0. The fraction of sp³-hybridized carbons (Fsp3) is 1.00. The van der Waals surface area contributed by atoms with E-state index >= 15 is 0 Å². The van der Waals surface area contributed by atoms with E-state index in [1.807, 2.05) is 6.92 Å². The number of unbranched alkanes of at least 4 members (excludes halogenated alkanes) is 1. The maximum Gasteiger partial charge on any atom is 0.0514 e. The Labute approximate surface area is 89.9 Å². The Morgan fingerprint density at radius 2 is 1.71 bits per heavy atom. The van der Waals surface area contributed by atoms with Gasteiger partial charge >= 0.3 is 0 Å². The van der Waals surface area contributed by atoms with Crippen LogP contribution in [0.4, 0.5) is 0 Å². The van der Waals surface area contributed by atoms with Crippen LogP contribution in [0.3, 0.4) is 0 Å². The first-order valence-corrected chi connectivity index (χ1v) is 6.28. The van der Waals surface area contributed by atoms with Gasteiger partial charge < -0.3 is 5.11 Å². The van der Waals surface area contributed by atoms with Crippen LogP contribution in [0, 0.1) is 11.8 Å². The third-order valence-corrected chi connectivity index (χ3v) is 3.02. The van der Waals surface area contributed by atoms with Crippen LogP contribution in [0.2, 0.25) is 0 Å². The fourth-order valence-electron chi connectivity index (χ4n) is 2.23. The van der Waals surface area contributed by atoms with Crippen LogP contribution >= 0.6 is 0 Å². The number of hydrogen-bond acceptors (Lipinski definition) is 1. The predicted molar refractivity (Wildman–Crippen MR) is 63.4 cm³/mol. The number of rotatable bonds is 8. The quantitative estimate of drug-likeness (QED) is 0.628. The molecule has 0 aromatic carbocycles. The van der Waals surface area contributed by atoms with Crippen LogP contribution in [-0.4, -0.2) is 11.2 Å². The maximum absolute atomic E-state index is 9.28. The molecule has 0 rings (SSSR count). The van der Waals surface area contributed by atoms with Crippen molar-refractivity contribution in [2.45, 2.75) is 72.3 Å². The second kappa shape index (κ2) is 8.28. The van der Waals surface area contributed by atoms with Gasteiger partial charge in [0, 0.05) is 0 Å². The molecule has 0 aromatic heterocycles. The van der Waals surface area contributed by atoms with Crippen molar-refractivity contribution in [1.29, 1.82) is 0 Å². The minimum absolute atomic E-state index is 0.131. The molecule has 0 aliphatic heterocycles. The SMILES string of the molecule is CCCCC(CC)CC(C)CC(C)O. The zero-order valence-corrected chi connectivity index (χ0v) is 10.4. The van der Waals surface area contributed by atoms with Crippen molar-refractivity contribution in [3.05, 3.63) is 0 Å². The molecule has 0 amide bonds. The minimum atomic E-state index is -0.131. The molecule has 0 aromatic rings. The molecule has 3 unspecified atom stereocenters. The second-order valence-corrected chi connectivity index (χ2v) is 4.84. The Morgan fingerprint density at radius 1 is 1.07 bits per heavy atom. The minimum Gasteiger partial charge on any atom is -0.393 e. The molecule has 0 heterocycles. The lowest BCUT2D eigenvalue weighted by atomic mass is 9.87. The average molecular weight is 200 g/mol. The van der Waals surface area contributed by atoms with Gasteiger partial charge in [0.15, 0.2) is 0 Å². The molecule has 3 atom stereocenters. The Balaban J connectivity index is 3.68. The Morgan fingerprint density at radius 3 is 2.14 bits per heavy atom. The van der Waals surface area contributed by atoms with Crippen LogP contribution in [0.25, 0.3) is 0 Å². The first kappa shape index (κ1) is 14.0. The molecule has 0 bridgehead atoms. The van der Waals surface area contributed by atoms with Crippen molar-refractivity contribution >= 4 is 0 Å². The van der Waals surface area contributed by atoms with Gasteiger partial charge in [-0.2, -0.15) is 0 Å². The largest absolute Gasteiger partial charge is 0.393 e. The molecule has 1 nitrogen and oxygen atoms in total. The summed E-state index contributed by atoms with van der Waals surface area (Å²) < 4.78 is 0. The summed E-state index contributed by atoms with van der Waals surface area (Å²) in [5, 5.41) is 9.28. The fourth-order valence-corrected chi connectivity index (χ4v) is 2.23. The molecule has 0 aliphatic rings. The average Bonchev–Trinajstić information content (AvgIpc) is 2.10. The van der Waals surface area contributed by atoms with E-state index in [9.17, 15) is 5.11 Å². The molecule has 86 valence electrons. The molecule has 0 aliphatic carbocycles. The molecule has 0 saturated heterocycles. The highest BCUT2D eigenvalue weighted by Crippen LogP contribution is 2.23. The first-order chi connectivity index (χ1) is 6.60. The normalized spacial score (nSPS) is 17.8. The summed E-state index contributed by atoms with van der Waals surface area (Å²) in [6.07, 6.45) is 7.46. The smallest absolute Gasteiger partial charge is 0.0514 e. The van der Waals surface area contributed by atoms with Crippen LogP contribution in [0.1, 0.15) is 66.2 Å². The van der Waals surface area contributed by atoms with Crippen molar-refractivity contribution in [3.63, 3.8) is 0 Å².